The van der Waals surface area contributed by atoms with Gasteiger partial charge in [-0.15, -0.1) is 0 Å². The Kier molecular flexibility index (Phi) is 3.94. The van der Waals surface area contributed by atoms with Crippen molar-refractivity contribution in [3.63, 3.8) is 0 Å². The molecular formula is C14H16FN3O. The number of hydrogen-bond acceptors (Lipinski definition) is 4. The van der Waals surface area contributed by atoms with Crippen LogP contribution in [0.2, 0.25) is 0 Å². The number of hydrogen-bond donors (Lipinski definition) is 1. The molecule has 0 saturated carbocycles. The van der Waals surface area contributed by atoms with Crippen molar-refractivity contribution >= 4 is 5.82 Å². The summed E-state index contributed by atoms with van der Waals surface area (Å²) in [5.74, 6) is 1.18. The minimum atomic E-state index is -0.298. The fourth-order valence-corrected chi connectivity index (χ4v) is 1.56. The van der Waals surface area contributed by atoms with Crippen LogP contribution in [0.25, 0.3) is 0 Å². The number of nitrogen functional groups attached to an aromatic ring is 1. The molecule has 1 aromatic heterocycles. The van der Waals surface area contributed by atoms with Crippen molar-refractivity contribution in [1.82, 2.24) is 9.97 Å². The van der Waals surface area contributed by atoms with Crippen LogP contribution in [-0.4, -0.2) is 9.97 Å². The van der Waals surface area contributed by atoms with Crippen LogP contribution in [0.4, 0.5) is 10.2 Å². The number of ether oxygens (including phenoxy) is 1. The molecular weight excluding hydrogens is 245 g/mol. The Morgan fingerprint density at radius 2 is 2.00 bits per heavy atom. The Morgan fingerprint density at radius 1 is 1.26 bits per heavy atom. The predicted octanol–water partition coefficient (Wildman–Crippen LogP) is 2.90. The van der Waals surface area contributed by atoms with E-state index < -0.39 is 0 Å². The van der Waals surface area contributed by atoms with Crippen molar-refractivity contribution in [1.29, 1.82) is 0 Å². The van der Waals surface area contributed by atoms with E-state index in [2.05, 4.69) is 9.97 Å². The van der Waals surface area contributed by atoms with Gasteiger partial charge in [0.2, 0.25) is 5.88 Å². The lowest BCUT2D eigenvalue weighted by molar-refractivity contribution is 0.286. The highest BCUT2D eigenvalue weighted by Gasteiger charge is 2.08. The lowest BCUT2D eigenvalue weighted by atomic mass is 10.2. The Morgan fingerprint density at radius 3 is 2.68 bits per heavy atom. The van der Waals surface area contributed by atoms with Gasteiger partial charge in [0.1, 0.15) is 24.1 Å². The van der Waals surface area contributed by atoms with E-state index in [1.807, 2.05) is 13.8 Å². The summed E-state index contributed by atoms with van der Waals surface area (Å²) in [4.78, 5) is 8.36. The van der Waals surface area contributed by atoms with Gasteiger partial charge in [-0.1, -0.05) is 32.0 Å². The predicted molar refractivity (Wildman–Crippen MR) is 71.3 cm³/mol. The van der Waals surface area contributed by atoms with Gasteiger partial charge in [-0.2, -0.15) is 4.98 Å². The van der Waals surface area contributed by atoms with Gasteiger partial charge in [0.15, 0.2) is 0 Å². The second-order valence-electron chi connectivity index (χ2n) is 4.52. The zero-order valence-electron chi connectivity index (χ0n) is 10.9. The van der Waals surface area contributed by atoms with Crippen molar-refractivity contribution in [3.8, 4) is 5.88 Å². The summed E-state index contributed by atoms with van der Waals surface area (Å²) in [6, 6.07) is 8.00. The van der Waals surface area contributed by atoms with Crippen molar-refractivity contribution < 1.29 is 9.13 Å². The van der Waals surface area contributed by atoms with E-state index in [0.717, 1.165) is 0 Å². The number of halogens is 1. The van der Waals surface area contributed by atoms with Crippen LogP contribution >= 0.6 is 0 Å². The first-order chi connectivity index (χ1) is 9.06. The molecule has 4 nitrogen and oxygen atoms in total. The molecule has 0 aliphatic heterocycles. The van der Waals surface area contributed by atoms with Crippen molar-refractivity contribution in [2.24, 2.45) is 0 Å². The maximum Gasteiger partial charge on any atom is 0.219 e. The summed E-state index contributed by atoms with van der Waals surface area (Å²) in [5.41, 5.74) is 6.17. The van der Waals surface area contributed by atoms with Gasteiger partial charge in [0.25, 0.3) is 0 Å². The summed E-state index contributed by atoms with van der Waals surface area (Å²) >= 11 is 0. The molecule has 100 valence electrons. The standard InChI is InChI=1S/C14H16FN3O/c1-9(2)14-17-12(16)7-13(18-14)19-8-10-5-3-4-6-11(10)15/h3-7,9H,8H2,1-2H3,(H2,16,17,18). The van der Waals surface area contributed by atoms with Crippen molar-refractivity contribution in [2.45, 2.75) is 26.4 Å². The van der Waals surface area contributed by atoms with Gasteiger partial charge < -0.3 is 10.5 Å². The summed E-state index contributed by atoms with van der Waals surface area (Å²) in [7, 11) is 0. The average Bonchev–Trinajstić information content (AvgIpc) is 2.37. The normalized spacial score (nSPS) is 10.7. The van der Waals surface area contributed by atoms with Crippen LogP contribution in [-0.2, 0) is 6.61 Å². The Bertz CT molecular complexity index is 572. The highest BCUT2D eigenvalue weighted by Crippen LogP contribution is 2.18. The third kappa shape index (κ3) is 3.40. The molecule has 0 amide bonds. The van der Waals surface area contributed by atoms with E-state index in [9.17, 15) is 4.39 Å². The lowest BCUT2D eigenvalue weighted by Gasteiger charge is -2.10. The lowest BCUT2D eigenvalue weighted by Crippen LogP contribution is -2.05. The maximum atomic E-state index is 13.4. The molecule has 0 spiro atoms. The van der Waals surface area contributed by atoms with Crippen LogP contribution < -0.4 is 10.5 Å². The maximum absolute atomic E-state index is 13.4. The van der Waals surface area contributed by atoms with Gasteiger partial charge in [0, 0.05) is 17.5 Å². The van der Waals surface area contributed by atoms with Gasteiger partial charge in [-0.05, 0) is 6.07 Å². The first-order valence-electron chi connectivity index (χ1n) is 6.07. The molecule has 0 atom stereocenters. The number of rotatable bonds is 4. The smallest absolute Gasteiger partial charge is 0.219 e. The highest BCUT2D eigenvalue weighted by atomic mass is 19.1. The van der Waals surface area contributed by atoms with Gasteiger partial charge in [0.05, 0.1) is 0 Å². The van der Waals surface area contributed by atoms with Crippen LogP contribution in [0.15, 0.2) is 30.3 Å². The minimum Gasteiger partial charge on any atom is -0.473 e. The third-order valence-electron chi connectivity index (χ3n) is 2.59. The molecule has 2 rings (SSSR count). The average molecular weight is 261 g/mol. The fraction of sp³-hybridized carbons (Fsp3) is 0.286. The molecule has 19 heavy (non-hydrogen) atoms. The van der Waals surface area contributed by atoms with Crippen molar-refractivity contribution in [3.05, 3.63) is 47.5 Å². The minimum absolute atomic E-state index is 0.112. The quantitative estimate of drug-likeness (QED) is 0.919. The molecule has 0 fully saturated rings. The van der Waals surface area contributed by atoms with Crippen LogP contribution in [0, 0.1) is 5.82 Å². The second-order valence-corrected chi connectivity index (χ2v) is 4.52. The summed E-state index contributed by atoms with van der Waals surface area (Å²) in [6.45, 7) is 4.05. The molecule has 5 heteroatoms. The van der Waals surface area contributed by atoms with Gasteiger partial charge in [-0.3, -0.25) is 0 Å². The molecule has 1 aromatic carbocycles. The van der Waals surface area contributed by atoms with Crippen LogP contribution in [0.5, 0.6) is 5.88 Å². The first-order valence-corrected chi connectivity index (χ1v) is 6.07. The SMILES string of the molecule is CC(C)c1nc(N)cc(OCc2ccccc2F)n1. The largest absolute Gasteiger partial charge is 0.473 e. The number of anilines is 1. The molecule has 0 unspecified atom stereocenters. The fourth-order valence-electron chi connectivity index (χ4n) is 1.56. The molecule has 1 heterocycles. The van der Waals surface area contributed by atoms with Gasteiger partial charge >= 0.3 is 0 Å². The number of benzene rings is 1. The second kappa shape index (κ2) is 5.65. The van der Waals surface area contributed by atoms with Crippen LogP contribution in [0.1, 0.15) is 31.2 Å². The Balaban J connectivity index is 2.14. The highest BCUT2D eigenvalue weighted by molar-refractivity contribution is 5.33. The molecule has 0 aliphatic carbocycles. The number of aromatic nitrogens is 2. The van der Waals surface area contributed by atoms with E-state index in [1.54, 1.807) is 18.2 Å². The molecule has 0 bridgehead atoms. The number of nitrogens with two attached hydrogens (primary N) is 1. The monoisotopic (exact) mass is 261 g/mol. The summed E-state index contributed by atoms with van der Waals surface area (Å²) in [6.07, 6.45) is 0. The number of nitrogens with zero attached hydrogens (tertiary/aromatic N) is 2. The molecule has 2 aromatic rings. The Hall–Kier alpha value is -2.17. The topological polar surface area (TPSA) is 61.0 Å². The molecule has 0 radical (unpaired) electrons. The molecule has 0 aliphatic rings. The van der Waals surface area contributed by atoms with E-state index >= 15 is 0 Å². The van der Waals surface area contributed by atoms with Gasteiger partial charge in [-0.25, -0.2) is 9.37 Å². The molecule has 0 saturated heterocycles. The van der Waals surface area contributed by atoms with E-state index in [-0.39, 0.29) is 18.3 Å². The molecule has 2 N–H and O–H groups in total. The zero-order valence-corrected chi connectivity index (χ0v) is 10.9. The van der Waals surface area contributed by atoms with Crippen molar-refractivity contribution in [2.75, 3.05) is 5.73 Å². The van der Waals surface area contributed by atoms with E-state index in [4.69, 9.17) is 10.5 Å². The van der Waals surface area contributed by atoms with E-state index in [1.165, 1.54) is 12.1 Å². The summed E-state index contributed by atoms with van der Waals surface area (Å²) < 4.78 is 18.9. The first kappa shape index (κ1) is 13.3. The van der Waals surface area contributed by atoms with Crippen LogP contribution in [0.3, 0.4) is 0 Å². The third-order valence-corrected chi connectivity index (χ3v) is 2.59. The Labute approximate surface area is 111 Å². The zero-order chi connectivity index (χ0) is 13.8. The summed E-state index contributed by atoms with van der Waals surface area (Å²) in [5, 5.41) is 0. The van der Waals surface area contributed by atoms with E-state index in [0.29, 0.717) is 23.1 Å².